The van der Waals surface area contributed by atoms with Gasteiger partial charge in [-0.25, -0.2) is 0 Å². The first-order valence-electron chi connectivity index (χ1n) is 8.23. The predicted molar refractivity (Wildman–Crippen MR) is 90.9 cm³/mol. The number of nitrogens with two attached hydrogens (primary N) is 1. The number of rotatable bonds is 2. The van der Waals surface area contributed by atoms with E-state index >= 15 is 0 Å². The summed E-state index contributed by atoms with van der Waals surface area (Å²) < 4.78 is 12.7. The molecule has 0 radical (unpaired) electrons. The van der Waals surface area contributed by atoms with E-state index in [1.165, 1.54) is 39.5 Å². The van der Waals surface area contributed by atoms with Crippen LogP contribution in [-0.2, 0) is 6.42 Å². The lowest BCUT2D eigenvalue weighted by atomic mass is 9.69. The highest BCUT2D eigenvalue weighted by Crippen LogP contribution is 2.48. The molecule has 0 heterocycles. The molecule has 0 spiro atoms. The number of hydrogen-bond acceptors (Lipinski definition) is 1. The molecule has 0 aromatic heterocycles. The zero-order chi connectivity index (χ0) is 15.3. The lowest BCUT2D eigenvalue weighted by Gasteiger charge is -2.36. The molecule has 2 aromatic carbocycles. The maximum absolute atomic E-state index is 12.7. The second-order valence-corrected chi connectivity index (χ2v) is 6.95. The fraction of sp³-hybridized carbons (Fsp3) is 0.400. The Hall–Kier alpha value is -1.83. The topological polar surface area (TPSA) is 26.0 Å². The Bertz CT molecular complexity index is 775. The summed E-state index contributed by atoms with van der Waals surface area (Å²) in [5, 5.41) is 2.42. The number of hydrogen-bond donors (Lipinski definition) is 1. The van der Waals surface area contributed by atoms with Crippen LogP contribution in [0, 0.1) is 12.8 Å². The fourth-order valence-corrected chi connectivity index (χ4v) is 4.47. The van der Waals surface area contributed by atoms with Crippen LogP contribution >= 0.6 is 0 Å². The largest absolute Gasteiger partial charge is 0.398 e. The molecular weight excluding hydrogens is 273 g/mol. The molecule has 2 atom stereocenters. The number of allylic oxidation sites excluding steroid dienone is 2. The highest BCUT2D eigenvalue weighted by molar-refractivity contribution is 5.96. The molecule has 2 aliphatic carbocycles. The summed E-state index contributed by atoms with van der Waals surface area (Å²) in [4.78, 5) is 0. The van der Waals surface area contributed by atoms with Crippen LogP contribution in [0.1, 0.15) is 41.9 Å². The molecule has 22 heavy (non-hydrogen) atoms. The smallest absolute Gasteiger partial charge is 0.0931 e. The number of benzene rings is 2. The standard InChI is InChI=1S/C20H22FN/c1-12-2-3-18-15(6-12)11-17-10-14-7-13(4-5-21)8-16(9-14)19(17)20(18)22/h2-3,6-7,11,14,16H,4-5,8-10,22H2,1H3. The van der Waals surface area contributed by atoms with Crippen molar-refractivity contribution in [2.24, 2.45) is 5.92 Å². The molecule has 2 heteroatoms. The van der Waals surface area contributed by atoms with Gasteiger partial charge in [-0.15, -0.1) is 0 Å². The summed E-state index contributed by atoms with van der Waals surface area (Å²) in [6.07, 6.45) is 6.12. The van der Waals surface area contributed by atoms with Gasteiger partial charge in [0.1, 0.15) is 0 Å². The zero-order valence-corrected chi connectivity index (χ0v) is 13.0. The van der Waals surface area contributed by atoms with E-state index in [0.717, 1.165) is 18.5 Å². The Morgan fingerprint density at radius 1 is 1.23 bits per heavy atom. The minimum Gasteiger partial charge on any atom is -0.398 e. The third-order valence-electron chi connectivity index (χ3n) is 5.34. The summed E-state index contributed by atoms with van der Waals surface area (Å²) in [6.45, 7) is 1.88. The molecule has 4 rings (SSSR count). The lowest BCUT2D eigenvalue weighted by molar-refractivity contribution is 0.418. The molecule has 2 N–H and O–H groups in total. The molecule has 1 nitrogen and oxygen atoms in total. The quantitative estimate of drug-likeness (QED) is 0.608. The normalized spacial score (nSPS) is 23.3. The fourth-order valence-electron chi connectivity index (χ4n) is 4.47. The first-order valence-corrected chi connectivity index (χ1v) is 8.23. The van der Waals surface area contributed by atoms with E-state index in [9.17, 15) is 4.39 Å². The third kappa shape index (κ3) is 2.13. The van der Waals surface area contributed by atoms with E-state index in [-0.39, 0.29) is 6.67 Å². The maximum atomic E-state index is 12.7. The average molecular weight is 295 g/mol. The summed E-state index contributed by atoms with van der Waals surface area (Å²) in [5.41, 5.74) is 12.8. The molecule has 114 valence electrons. The van der Waals surface area contributed by atoms with Crippen molar-refractivity contribution in [2.45, 2.75) is 38.5 Å². The summed E-state index contributed by atoms with van der Waals surface area (Å²) in [6, 6.07) is 8.83. The number of fused-ring (bicyclic) bond motifs is 5. The van der Waals surface area contributed by atoms with E-state index in [2.05, 4.69) is 37.3 Å². The SMILES string of the molecule is Cc1ccc2c(N)c3c(cc2c1)CC1C=C(CCF)CC3C1. The molecule has 0 fully saturated rings. The van der Waals surface area contributed by atoms with Gasteiger partial charge in [0.25, 0.3) is 0 Å². The highest BCUT2D eigenvalue weighted by atomic mass is 19.1. The van der Waals surface area contributed by atoms with Crippen LogP contribution in [0.4, 0.5) is 10.1 Å². The number of alkyl halides is 1. The molecule has 2 aliphatic rings. The van der Waals surface area contributed by atoms with E-state index in [1.54, 1.807) is 0 Å². The van der Waals surface area contributed by atoms with Gasteiger partial charge in [0.15, 0.2) is 0 Å². The third-order valence-corrected chi connectivity index (χ3v) is 5.34. The van der Waals surface area contributed by atoms with E-state index in [4.69, 9.17) is 5.73 Å². The van der Waals surface area contributed by atoms with Gasteiger partial charge >= 0.3 is 0 Å². The Morgan fingerprint density at radius 3 is 2.91 bits per heavy atom. The van der Waals surface area contributed by atoms with Crippen molar-refractivity contribution in [3.8, 4) is 0 Å². The highest BCUT2D eigenvalue weighted by Gasteiger charge is 2.32. The van der Waals surface area contributed by atoms with E-state index in [0.29, 0.717) is 18.3 Å². The van der Waals surface area contributed by atoms with Gasteiger partial charge in [-0.05, 0) is 61.0 Å². The van der Waals surface area contributed by atoms with Gasteiger partial charge in [0.2, 0.25) is 0 Å². The van der Waals surface area contributed by atoms with Gasteiger partial charge in [-0.1, -0.05) is 41.5 Å². The minimum atomic E-state index is -0.245. The van der Waals surface area contributed by atoms with Crippen LogP contribution in [-0.4, -0.2) is 6.67 Å². The van der Waals surface area contributed by atoms with Crippen LogP contribution in [0.3, 0.4) is 0 Å². The first kappa shape index (κ1) is 13.8. The van der Waals surface area contributed by atoms with Crippen LogP contribution < -0.4 is 5.73 Å². The van der Waals surface area contributed by atoms with Crippen molar-refractivity contribution in [3.63, 3.8) is 0 Å². The van der Waals surface area contributed by atoms with Crippen molar-refractivity contribution in [1.29, 1.82) is 0 Å². The molecular formula is C20H22FN. The van der Waals surface area contributed by atoms with Crippen molar-refractivity contribution >= 4 is 16.5 Å². The average Bonchev–Trinajstić information content (AvgIpc) is 2.46. The molecule has 0 amide bonds. The van der Waals surface area contributed by atoms with Gasteiger partial charge in [-0.3, -0.25) is 4.39 Å². The Balaban J connectivity index is 1.85. The van der Waals surface area contributed by atoms with E-state index in [1.807, 2.05) is 0 Å². The number of anilines is 1. The number of nitrogen functional groups attached to an aromatic ring is 1. The Morgan fingerprint density at radius 2 is 2.09 bits per heavy atom. The van der Waals surface area contributed by atoms with E-state index < -0.39 is 0 Å². The van der Waals surface area contributed by atoms with Crippen molar-refractivity contribution in [2.75, 3.05) is 12.4 Å². The molecule has 0 aliphatic heterocycles. The monoisotopic (exact) mass is 295 g/mol. The molecule has 0 saturated heterocycles. The van der Waals surface area contributed by atoms with Crippen LogP contribution in [0.5, 0.6) is 0 Å². The van der Waals surface area contributed by atoms with Crippen molar-refractivity contribution in [1.82, 2.24) is 0 Å². The maximum Gasteiger partial charge on any atom is 0.0931 e. The minimum absolute atomic E-state index is 0.245. The predicted octanol–water partition coefficient (Wildman–Crippen LogP) is 5.07. The van der Waals surface area contributed by atoms with Gasteiger partial charge < -0.3 is 5.73 Å². The van der Waals surface area contributed by atoms with Crippen LogP contribution in [0.25, 0.3) is 10.8 Å². The Labute approximate surface area is 131 Å². The van der Waals surface area contributed by atoms with Gasteiger partial charge in [-0.2, -0.15) is 0 Å². The summed E-state index contributed by atoms with van der Waals surface area (Å²) >= 11 is 0. The summed E-state index contributed by atoms with van der Waals surface area (Å²) in [7, 11) is 0. The number of aryl methyl sites for hydroxylation is 1. The molecule has 2 unspecified atom stereocenters. The summed E-state index contributed by atoms with van der Waals surface area (Å²) in [5.74, 6) is 1.04. The molecule has 2 aromatic rings. The molecule has 2 bridgehead atoms. The second kappa shape index (κ2) is 5.12. The van der Waals surface area contributed by atoms with Gasteiger partial charge in [0.05, 0.1) is 6.67 Å². The second-order valence-electron chi connectivity index (χ2n) is 6.95. The first-order chi connectivity index (χ1) is 10.7. The molecule has 0 saturated carbocycles. The Kier molecular flexibility index (Phi) is 3.21. The van der Waals surface area contributed by atoms with Crippen LogP contribution in [0.15, 0.2) is 35.9 Å². The van der Waals surface area contributed by atoms with Gasteiger partial charge in [0, 0.05) is 11.1 Å². The van der Waals surface area contributed by atoms with Crippen molar-refractivity contribution < 1.29 is 4.39 Å². The van der Waals surface area contributed by atoms with Crippen molar-refractivity contribution in [3.05, 3.63) is 52.6 Å². The number of halogens is 1. The lowest BCUT2D eigenvalue weighted by Crippen LogP contribution is -2.23. The zero-order valence-electron chi connectivity index (χ0n) is 13.0. The van der Waals surface area contributed by atoms with Crippen LogP contribution in [0.2, 0.25) is 0 Å².